The maximum atomic E-state index is 12.5. The van der Waals surface area contributed by atoms with Crippen LogP contribution in [0.4, 0.5) is 11.4 Å². The van der Waals surface area contributed by atoms with Gasteiger partial charge >= 0.3 is 0 Å². The zero-order chi connectivity index (χ0) is 17.7. The summed E-state index contributed by atoms with van der Waals surface area (Å²) in [5, 5.41) is 2.83. The molecule has 0 atom stereocenters. The lowest BCUT2D eigenvalue weighted by Gasteiger charge is -2.19. The van der Waals surface area contributed by atoms with Crippen LogP contribution in [0.3, 0.4) is 0 Å². The predicted octanol–water partition coefficient (Wildman–Crippen LogP) is 3.73. The molecule has 5 nitrogen and oxygen atoms in total. The summed E-state index contributed by atoms with van der Waals surface area (Å²) < 4.78 is 0. The molecule has 2 amide bonds. The van der Waals surface area contributed by atoms with Crippen LogP contribution in [0.2, 0.25) is 0 Å². The monoisotopic (exact) mass is 361 g/mol. The van der Waals surface area contributed by atoms with Crippen molar-refractivity contribution in [1.82, 2.24) is 4.90 Å². The summed E-state index contributed by atoms with van der Waals surface area (Å²) in [6.45, 7) is 7.03. The van der Waals surface area contributed by atoms with Crippen LogP contribution < -0.4 is 11.1 Å². The standard InChI is InChI=1S/C19H23N3O2.ClH/c1-4-22(5-2)19(24)14-7-6-8-16(11-14)21-18(23)17-12-15(20)10-9-13(17)3;/h6-12H,4-5,20H2,1-3H3,(H,21,23);1H. The van der Waals surface area contributed by atoms with E-state index in [-0.39, 0.29) is 24.2 Å². The highest BCUT2D eigenvalue weighted by atomic mass is 35.5. The summed E-state index contributed by atoms with van der Waals surface area (Å²) in [5.74, 6) is -0.288. The van der Waals surface area contributed by atoms with Crippen LogP contribution in [-0.2, 0) is 0 Å². The first-order valence-corrected chi connectivity index (χ1v) is 8.03. The highest BCUT2D eigenvalue weighted by Gasteiger charge is 2.14. The minimum absolute atomic E-state index is 0. The fourth-order valence-electron chi connectivity index (χ4n) is 2.51. The molecule has 0 aliphatic rings. The van der Waals surface area contributed by atoms with Gasteiger partial charge in [-0.3, -0.25) is 9.59 Å². The third-order valence-corrected chi connectivity index (χ3v) is 3.92. The van der Waals surface area contributed by atoms with Crippen molar-refractivity contribution in [2.75, 3.05) is 24.1 Å². The van der Waals surface area contributed by atoms with E-state index in [1.165, 1.54) is 0 Å². The largest absolute Gasteiger partial charge is 0.399 e. The van der Waals surface area contributed by atoms with E-state index in [1.54, 1.807) is 41.3 Å². The van der Waals surface area contributed by atoms with Gasteiger partial charge in [-0.05, 0) is 56.7 Å². The normalized spacial score (nSPS) is 9.88. The van der Waals surface area contributed by atoms with E-state index in [2.05, 4.69) is 5.32 Å². The van der Waals surface area contributed by atoms with Crippen LogP contribution in [0.25, 0.3) is 0 Å². The van der Waals surface area contributed by atoms with Crippen LogP contribution >= 0.6 is 12.4 Å². The molecule has 0 fully saturated rings. The maximum Gasteiger partial charge on any atom is 0.256 e. The minimum atomic E-state index is -0.243. The van der Waals surface area contributed by atoms with Crippen LogP contribution in [0.1, 0.15) is 40.1 Å². The molecule has 3 N–H and O–H groups in total. The molecular formula is C19H24ClN3O2. The molecular weight excluding hydrogens is 338 g/mol. The van der Waals surface area contributed by atoms with Gasteiger partial charge in [0.2, 0.25) is 0 Å². The minimum Gasteiger partial charge on any atom is -0.399 e. The van der Waals surface area contributed by atoms with Gasteiger partial charge in [0.15, 0.2) is 0 Å². The topological polar surface area (TPSA) is 75.4 Å². The highest BCUT2D eigenvalue weighted by Crippen LogP contribution is 2.17. The van der Waals surface area contributed by atoms with Crippen molar-refractivity contribution in [2.24, 2.45) is 0 Å². The molecule has 0 spiro atoms. The number of carbonyl (C=O) groups excluding carboxylic acids is 2. The van der Waals surface area contributed by atoms with E-state index in [1.807, 2.05) is 26.8 Å². The van der Waals surface area contributed by atoms with E-state index in [0.717, 1.165) is 5.56 Å². The van der Waals surface area contributed by atoms with Crippen LogP contribution in [0.5, 0.6) is 0 Å². The highest BCUT2D eigenvalue weighted by molar-refractivity contribution is 6.06. The van der Waals surface area contributed by atoms with Crippen LogP contribution in [0, 0.1) is 6.92 Å². The molecule has 6 heteroatoms. The number of rotatable bonds is 5. The van der Waals surface area contributed by atoms with Crippen molar-refractivity contribution >= 4 is 35.6 Å². The Morgan fingerprint density at radius 1 is 1.08 bits per heavy atom. The van der Waals surface area contributed by atoms with Crippen molar-refractivity contribution < 1.29 is 9.59 Å². The lowest BCUT2D eigenvalue weighted by molar-refractivity contribution is 0.0772. The fraction of sp³-hybridized carbons (Fsp3) is 0.263. The fourth-order valence-corrected chi connectivity index (χ4v) is 2.51. The molecule has 0 aromatic heterocycles. The second-order valence-electron chi connectivity index (χ2n) is 5.59. The number of nitrogens with two attached hydrogens (primary N) is 1. The number of amides is 2. The Hall–Kier alpha value is -2.53. The van der Waals surface area contributed by atoms with Crippen molar-refractivity contribution in [3.05, 3.63) is 59.2 Å². The molecule has 0 aliphatic carbocycles. The number of carbonyl (C=O) groups is 2. The lowest BCUT2D eigenvalue weighted by atomic mass is 10.1. The Morgan fingerprint density at radius 2 is 1.76 bits per heavy atom. The molecule has 0 saturated carbocycles. The van der Waals surface area contributed by atoms with E-state index in [0.29, 0.717) is 35.6 Å². The average molecular weight is 362 g/mol. The van der Waals surface area contributed by atoms with Gasteiger partial charge in [-0.1, -0.05) is 12.1 Å². The molecule has 2 rings (SSSR count). The van der Waals surface area contributed by atoms with E-state index in [9.17, 15) is 9.59 Å². The Morgan fingerprint density at radius 3 is 2.40 bits per heavy atom. The van der Waals surface area contributed by atoms with Gasteiger partial charge in [-0.25, -0.2) is 0 Å². The van der Waals surface area contributed by atoms with Gasteiger partial charge in [0.1, 0.15) is 0 Å². The predicted molar refractivity (Wildman–Crippen MR) is 104 cm³/mol. The van der Waals surface area contributed by atoms with Gasteiger partial charge in [0.05, 0.1) is 0 Å². The zero-order valence-electron chi connectivity index (χ0n) is 14.7. The molecule has 0 unspecified atom stereocenters. The number of benzene rings is 2. The summed E-state index contributed by atoms with van der Waals surface area (Å²) in [4.78, 5) is 26.6. The summed E-state index contributed by atoms with van der Waals surface area (Å²) in [7, 11) is 0. The molecule has 134 valence electrons. The SMILES string of the molecule is CCN(CC)C(=O)c1cccc(NC(=O)c2cc(N)ccc2C)c1.Cl. The van der Waals surface area contributed by atoms with Gasteiger partial charge in [-0.15, -0.1) is 12.4 Å². The molecule has 25 heavy (non-hydrogen) atoms. The molecule has 2 aromatic carbocycles. The second-order valence-corrected chi connectivity index (χ2v) is 5.59. The lowest BCUT2D eigenvalue weighted by Crippen LogP contribution is -2.30. The van der Waals surface area contributed by atoms with Crippen LogP contribution in [-0.4, -0.2) is 29.8 Å². The van der Waals surface area contributed by atoms with Crippen molar-refractivity contribution in [2.45, 2.75) is 20.8 Å². The smallest absolute Gasteiger partial charge is 0.256 e. The maximum absolute atomic E-state index is 12.5. The van der Waals surface area contributed by atoms with E-state index >= 15 is 0 Å². The second kappa shape index (κ2) is 9.08. The zero-order valence-corrected chi connectivity index (χ0v) is 15.5. The summed E-state index contributed by atoms with van der Waals surface area (Å²) in [5.41, 5.74) is 8.80. The third-order valence-electron chi connectivity index (χ3n) is 3.92. The number of nitrogens with zero attached hydrogens (tertiary/aromatic N) is 1. The first kappa shape index (κ1) is 20.5. The molecule has 0 saturated heterocycles. The number of nitrogens with one attached hydrogen (secondary N) is 1. The van der Waals surface area contributed by atoms with Crippen molar-refractivity contribution in [1.29, 1.82) is 0 Å². The third kappa shape index (κ3) is 4.97. The van der Waals surface area contributed by atoms with Gasteiger partial charge in [0.25, 0.3) is 11.8 Å². The number of hydrogen-bond donors (Lipinski definition) is 2. The first-order chi connectivity index (χ1) is 11.5. The molecule has 0 bridgehead atoms. The Labute approximate surface area is 154 Å². The van der Waals surface area contributed by atoms with E-state index in [4.69, 9.17) is 5.73 Å². The number of aryl methyl sites for hydroxylation is 1. The molecule has 0 heterocycles. The van der Waals surface area contributed by atoms with Gasteiger partial charge in [-0.2, -0.15) is 0 Å². The van der Waals surface area contributed by atoms with Crippen LogP contribution in [0.15, 0.2) is 42.5 Å². The number of nitrogen functional groups attached to an aromatic ring is 1. The summed E-state index contributed by atoms with van der Waals surface area (Å²) in [6.07, 6.45) is 0. The van der Waals surface area contributed by atoms with Crippen molar-refractivity contribution in [3.8, 4) is 0 Å². The molecule has 0 aliphatic heterocycles. The number of halogens is 1. The Kier molecular flexibility index (Phi) is 7.45. The number of anilines is 2. The average Bonchev–Trinajstić information content (AvgIpc) is 2.58. The van der Waals surface area contributed by atoms with Gasteiger partial charge in [0, 0.05) is 35.6 Å². The summed E-state index contributed by atoms with van der Waals surface area (Å²) in [6, 6.07) is 12.2. The molecule has 2 aromatic rings. The van der Waals surface area contributed by atoms with Gasteiger partial charge < -0.3 is 16.0 Å². The van der Waals surface area contributed by atoms with E-state index < -0.39 is 0 Å². The quantitative estimate of drug-likeness (QED) is 0.796. The molecule has 0 radical (unpaired) electrons. The summed E-state index contributed by atoms with van der Waals surface area (Å²) >= 11 is 0. The number of hydrogen-bond acceptors (Lipinski definition) is 3. The Balaban J connectivity index is 0.00000312. The Bertz CT molecular complexity index is 758. The first-order valence-electron chi connectivity index (χ1n) is 8.03. The van der Waals surface area contributed by atoms with Crippen molar-refractivity contribution in [3.63, 3.8) is 0 Å².